The number of para-hydroxylation sites is 1. The predicted molar refractivity (Wildman–Crippen MR) is 110 cm³/mol. The van der Waals surface area contributed by atoms with E-state index in [1.54, 1.807) is 12.1 Å². The predicted octanol–water partition coefficient (Wildman–Crippen LogP) is 4.79. The molecule has 0 N–H and O–H groups in total. The van der Waals surface area contributed by atoms with Crippen LogP contribution >= 0.6 is 0 Å². The van der Waals surface area contributed by atoms with Gasteiger partial charge in [0.05, 0.1) is 5.56 Å². The van der Waals surface area contributed by atoms with Crippen molar-refractivity contribution in [1.82, 2.24) is 0 Å². The lowest BCUT2D eigenvalue weighted by Crippen LogP contribution is -2.14. The fourth-order valence-electron chi connectivity index (χ4n) is 3.46. The molecule has 0 fully saturated rings. The first kappa shape index (κ1) is 18.9. The summed E-state index contributed by atoms with van der Waals surface area (Å²) in [5, 5.41) is 0. The molecule has 0 bridgehead atoms. The van der Waals surface area contributed by atoms with Crippen molar-refractivity contribution in [3.05, 3.63) is 101 Å². The van der Waals surface area contributed by atoms with Crippen LogP contribution in [0.5, 0.6) is 5.75 Å². The Morgan fingerprint density at radius 1 is 0.793 bits per heavy atom. The van der Waals surface area contributed by atoms with Crippen molar-refractivity contribution in [3.63, 3.8) is 0 Å². The molecule has 0 saturated carbocycles. The molecule has 146 valence electrons. The van der Waals surface area contributed by atoms with Gasteiger partial charge in [0, 0.05) is 5.56 Å². The number of hydrogen-bond donors (Lipinski definition) is 0. The van der Waals surface area contributed by atoms with Gasteiger partial charge in [-0.25, -0.2) is 4.79 Å². The van der Waals surface area contributed by atoms with Gasteiger partial charge in [-0.1, -0.05) is 42.5 Å². The molecule has 0 unspecified atom stereocenters. The first-order chi connectivity index (χ1) is 14.2. The number of hydrogen-bond acceptors (Lipinski definition) is 4. The monoisotopic (exact) mass is 386 g/mol. The quantitative estimate of drug-likeness (QED) is 0.433. The normalized spacial score (nSPS) is 12.3. The molecule has 3 aromatic carbocycles. The average molecular weight is 386 g/mol. The topological polar surface area (TPSA) is 52.6 Å². The van der Waals surface area contributed by atoms with Crippen molar-refractivity contribution in [2.75, 3.05) is 6.61 Å². The van der Waals surface area contributed by atoms with E-state index in [4.69, 9.17) is 9.47 Å². The van der Waals surface area contributed by atoms with Crippen LogP contribution in [-0.4, -0.2) is 18.4 Å². The minimum absolute atomic E-state index is 0.180. The molecular formula is C25H22O4. The molecule has 4 heteroatoms. The van der Waals surface area contributed by atoms with Gasteiger partial charge in [0.2, 0.25) is 0 Å². The second-order valence-corrected chi connectivity index (χ2v) is 7.14. The number of ether oxygens (including phenoxy) is 2. The lowest BCUT2D eigenvalue weighted by molar-refractivity contribution is 0.0474. The minimum Gasteiger partial charge on any atom is -0.489 e. The molecule has 29 heavy (non-hydrogen) atoms. The second kappa shape index (κ2) is 8.74. The molecule has 0 spiro atoms. The van der Waals surface area contributed by atoms with Gasteiger partial charge in [0.15, 0.2) is 12.4 Å². The maximum Gasteiger partial charge on any atom is 0.338 e. The summed E-state index contributed by atoms with van der Waals surface area (Å²) in [7, 11) is 0. The molecule has 0 radical (unpaired) electrons. The smallest absolute Gasteiger partial charge is 0.338 e. The van der Waals surface area contributed by atoms with Gasteiger partial charge in [-0.2, -0.15) is 0 Å². The Labute approximate surface area is 170 Å². The third kappa shape index (κ3) is 4.72. The van der Waals surface area contributed by atoms with Gasteiger partial charge in [-0.15, -0.1) is 0 Å². The van der Waals surface area contributed by atoms with Gasteiger partial charge in [0.25, 0.3) is 0 Å². The molecule has 0 heterocycles. The zero-order valence-corrected chi connectivity index (χ0v) is 16.1. The Balaban J connectivity index is 1.29. The van der Waals surface area contributed by atoms with Crippen molar-refractivity contribution < 1.29 is 19.1 Å². The van der Waals surface area contributed by atoms with E-state index in [1.165, 1.54) is 11.1 Å². The molecule has 0 atom stereocenters. The highest BCUT2D eigenvalue weighted by atomic mass is 16.5. The van der Waals surface area contributed by atoms with E-state index in [1.807, 2.05) is 60.7 Å². The Morgan fingerprint density at radius 3 is 2.31 bits per heavy atom. The highest BCUT2D eigenvalue weighted by Crippen LogP contribution is 2.23. The SMILES string of the molecule is O=C(COC(=O)c1ccc(COc2ccccc2)cc1)c1ccc2c(c1)CCC2. The van der Waals surface area contributed by atoms with Crippen molar-refractivity contribution in [2.24, 2.45) is 0 Å². The van der Waals surface area contributed by atoms with Crippen LogP contribution in [-0.2, 0) is 24.2 Å². The molecule has 4 nitrogen and oxygen atoms in total. The van der Waals surface area contributed by atoms with Crippen LogP contribution in [0.15, 0.2) is 72.8 Å². The van der Waals surface area contributed by atoms with Crippen LogP contribution < -0.4 is 4.74 Å². The number of carbonyl (C=O) groups is 2. The van der Waals surface area contributed by atoms with Crippen LogP contribution in [0.25, 0.3) is 0 Å². The summed E-state index contributed by atoms with van der Waals surface area (Å²) >= 11 is 0. The molecule has 0 amide bonds. The average Bonchev–Trinajstić information content (AvgIpc) is 3.25. The van der Waals surface area contributed by atoms with E-state index >= 15 is 0 Å². The Hall–Kier alpha value is -3.40. The first-order valence-electron chi connectivity index (χ1n) is 9.78. The minimum atomic E-state index is -0.505. The van der Waals surface area contributed by atoms with Gasteiger partial charge in [-0.3, -0.25) is 4.79 Å². The van der Waals surface area contributed by atoms with Crippen LogP contribution in [0.3, 0.4) is 0 Å². The standard InChI is InChI=1S/C25H22O4/c26-24(22-14-13-19-5-4-6-21(19)15-22)17-29-25(27)20-11-9-18(10-12-20)16-28-23-7-2-1-3-8-23/h1-3,7-15H,4-6,16-17H2. The van der Waals surface area contributed by atoms with E-state index in [-0.39, 0.29) is 12.4 Å². The number of carbonyl (C=O) groups excluding carboxylic acids is 2. The Morgan fingerprint density at radius 2 is 1.52 bits per heavy atom. The number of rotatable bonds is 7. The summed E-state index contributed by atoms with van der Waals surface area (Å²) in [5.41, 5.74) is 4.51. The number of aryl methyl sites for hydroxylation is 2. The largest absolute Gasteiger partial charge is 0.489 e. The lowest BCUT2D eigenvalue weighted by Gasteiger charge is -2.08. The fourth-order valence-corrected chi connectivity index (χ4v) is 3.46. The molecule has 0 aromatic heterocycles. The maximum absolute atomic E-state index is 12.4. The molecule has 3 aromatic rings. The van der Waals surface area contributed by atoms with E-state index in [0.717, 1.165) is 30.6 Å². The zero-order chi connectivity index (χ0) is 20.1. The molecular weight excluding hydrogens is 364 g/mol. The highest BCUT2D eigenvalue weighted by molar-refractivity contribution is 5.99. The van der Waals surface area contributed by atoms with Crippen LogP contribution in [0, 0.1) is 0 Å². The number of Topliss-reactive ketones (excluding diaryl/α,β-unsaturated/α-hetero) is 1. The first-order valence-corrected chi connectivity index (χ1v) is 9.78. The molecule has 4 rings (SSSR count). The van der Waals surface area contributed by atoms with Gasteiger partial charge in [-0.05, 0) is 66.3 Å². The van der Waals surface area contributed by atoms with Crippen LogP contribution in [0.1, 0.15) is 43.8 Å². The van der Waals surface area contributed by atoms with Gasteiger partial charge < -0.3 is 9.47 Å². The van der Waals surface area contributed by atoms with E-state index in [9.17, 15) is 9.59 Å². The van der Waals surface area contributed by atoms with Crippen LogP contribution in [0.2, 0.25) is 0 Å². The van der Waals surface area contributed by atoms with Crippen molar-refractivity contribution in [3.8, 4) is 5.75 Å². The maximum atomic E-state index is 12.4. The second-order valence-electron chi connectivity index (χ2n) is 7.14. The van der Waals surface area contributed by atoms with Gasteiger partial charge >= 0.3 is 5.97 Å². The fraction of sp³-hybridized carbons (Fsp3) is 0.200. The number of fused-ring (bicyclic) bond motifs is 1. The van der Waals surface area contributed by atoms with Crippen LogP contribution in [0.4, 0.5) is 0 Å². The lowest BCUT2D eigenvalue weighted by atomic mass is 10.0. The summed E-state index contributed by atoms with van der Waals surface area (Å²) < 4.78 is 10.9. The molecule has 0 aliphatic heterocycles. The van der Waals surface area contributed by atoms with E-state index in [2.05, 4.69) is 0 Å². The molecule has 0 saturated heterocycles. The summed E-state index contributed by atoms with van der Waals surface area (Å²) in [6.45, 7) is 0.159. The molecule has 1 aliphatic rings. The number of benzene rings is 3. The number of esters is 1. The van der Waals surface area contributed by atoms with E-state index < -0.39 is 5.97 Å². The third-order valence-electron chi connectivity index (χ3n) is 5.09. The van der Waals surface area contributed by atoms with Crippen molar-refractivity contribution in [2.45, 2.75) is 25.9 Å². The third-order valence-corrected chi connectivity index (χ3v) is 5.09. The summed E-state index contributed by atoms with van der Waals surface area (Å²) in [4.78, 5) is 24.6. The van der Waals surface area contributed by atoms with Gasteiger partial charge in [0.1, 0.15) is 12.4 Å². The molecule has 1 aliphatic carbocycles. The Kier molecular flexibility index (Phi) is 5.71. The number of ketones is 1. The van der Waals surface area contributed by atoms with E-state index in [0.29, 0.717) is 17.7 Å². The zero-order valence-electron chi connectivity index (χ0n) is 16.1. The van der Waals surface area contributed by atoms with Crippen molar-refractivity contribution >= 4 is 11.8 Å². The summed E-state index contributed by atoms with van der Waals surface area (Å²) in [6.07, 6.45) is 3.22. The summed E-state index contributed by atoms with van der Waals surface area (Å²) in [6, 6.07) is 22.3. The Bertz CT molecular complexity index is 1010. The summed E-state index contributed by atoms with van der Waals surface area (Å²) in [5.74, 6) is 0.108. The highest BCUT2D eigenvalue weighted by Gasteiger charge is 2.16. The van der Waals surface area contributed by atoms with Crippen molar-refractivity contribution in [1.29, 1.82) is 0 Å².